The highest BCUT2D eigenvalue weighted by atomic mass is 16.5. The van der Waals surface area contributed by atoms with Crippen LogP contribution >= 0.6 is 0 Å². The molecule has 0 rings (SSSR count). The van der Waals surface area contributed by atoms with Crippen molar-refractivity contribution in [2.24, 2.45) is 0 Å². The van der Waals surface area contributed by atoms with Gasteiger partial charge in [0.25, 0.3) is 0 Å². The number of rotatable bonds is 1. The Labute approximate surface area is 49.1 Å². The number of carbonyl (C=O) groups excluding carboxylic acids is 1. The van der Waals surface area contributed by atoms with Gasteiger partial charge in [-0.05, 0) is 13.8 Å². The van der Waals surface area contributed by atoms with Gasteiger partial charge in [-0.15, -0.1) is 0 Å². The van der Waals surface area contributed by atoms with E-state index in [0.29, 0.717) is 5.57 Å². The Balaban J connectivity index is 3.83. The molecule has 0 N–H and O–H groups in total. The number of allylic oxidation sites excluding steroid dienone is 1. The zero-order valence-electron chi connectivity index (χ0n) is 5.10. The quantitative estimate of drug-likeness (QED) is 0.373. The summed E-state index contributed by atoms with van der Waals surface area (Å²) in [7, 11) is 1.33. The molecule has 1 radical (unpaired) electrons. The van der Waals surface area contributed by atoms with Crippen LogP contribution in [-0.4, -0.2) is 13.1 Å². The van der Waals surface area contributed by atoms with Crippen LogP contribution in [0.5, 0.6) is 0 Å². The number of methoxy groups -OCH3 is 1. The predicted molar refractivity (Wildman–Crippen MR) is 31.1 cm³/mol. The fourth-order valence-corrected chi connectivity index (χ4v) is 0.249. The van der Waals surface area contributed by atoms with E-state index in [4.69, 9.17) is 0 Å². The van der Waals surface area contributed by atoms with E-state index >= 15 is 0 Å². The van der Waals surface area contributed by atoms with Crippen LogP contribution in [0.4, 0.5) is 0 Å². The second-order valence-electron chi connectivity index (χ2n) is 1.31. The maximum atomic E-state index is 10.4. The predicted octanol–water partition coefficient (Wildman–Crippen LogP) is 0.940. The Kier molecular flexibility index (Phi) is 2.92. The summed E-state index contributed by atoms with van der Waals surface area (Å²) in [5, 5.41) is 0. The first kappa shape index (κ1) is 7.21. The van der Waals surface area contributed by atoms with E-state index in [2.05, 4.69) is 11.7 Å². The summed E-state index contributed by atoms with van der Waals surface area (Å²) in [6.45, 7) is 5.15. The van der Waals surface area contributed by atoms with Gasteiger partial charge in [0.2, 0.25) is 0 Å². The average molecular weight is 113 g/mol. The summed E-state index contributed by atoms with van der Waals surface area (Å²) in [4.78, 5) is 10.4. The molecule has 0 aromatic carbocycles. The minimum Gasteiger partial charge on any atom is -0.466 e. The lowest BCUT2D eigenvalue weighted by molar-refractivity contribution is -0.135. The Morgan fingerprint density at radius 2 is 2.25 bits per heavy atom. The second-order valence-corrected chi connectivity index (χ2v) is 1.31. The van der Waals surface area contributed by atoms with Crippen molar-refractivity contribution in [2.75, 3.05) is 7.11 Å². The summed E-state index contributed by atoms with van der Waals surface area (Å²) in [6, 6.07) is 0. The van der Waals surface area contributed by atoms with Gasteiger partial charge >= 0.3 is 5.97 Å². The molecule has 0 amide bonds. The molecule has 45 valence electrons. The van der Waals surface area contributed by atoms with Crippen molar-refractivity contribution in [3.8, 4) is 0 Å². The highest BCUT2D eigenvalue weighted by molar-refractivity contribution is 5.89. The zero-order chi connectivity index (χ0) is 6.57. The molecule has 0 unspecified atom stereocenters. The molecule has 0 spiro atoms. The Bertz CT molecular complexity index is 114. The summed E-state index contributed by atoms with van der Waals surface area (Å²) >= 11 is 0. The Morgan fingerprint density at radius 1 is 1.75 bits per heavy atom. The molecule has 0 aromatic rings. The minimum atomic E-state index is -0.368. The third kappa shape index (κ3) is 1.78. The van der Waals surface area contributed by atoms with E-state index < -0.39 is 0 Å². The molecule has 0 aliphatic carbocycles. The lowest BCUT2D eigenvalue weighted by atomic mass is 10.3. The molecular weight excluding hydrogens is 104 g/mol. The second kappa shape index (κ2) is 3.24. The highest BCUT2D eigenvalue weighted by Crippen LogP contribution is 1.91. The van der Waals surface area contributed by atoms with Crippen molar-refractivity contribution < 1.29 is 9.53 Å². The van der Waals surface area contributed by atoms with Gasteiger partial charge in [-0.25, -0.2) is 4.79 Å². The Morgan fingerprint density at radius 3 is 2.38 bits per heavy atom. The van der Waals surface area contributed by atoms with Crippen LogP contribution in [0.15, 0.2) is 11.6 Å². The molecule has 0 saturated carbocycles. The fourth-order valence-electron chi connectivity index (χ4n) is 0.249. The van der Waals surface area contributed by atoms with E-state index in [9.17, 15) is 4.79 Å². The molecule has 0 aromatic heterocycles. The normalized spacial score (nSPS) is 11.1. The van der Waals surface area contributed by atoms with Crippen LogP contribution in [0.2, 0.25) is 0 Å². The molecule has 2 heteroatoms. The molecule has 0 atom stereocenters. The maximum absolute atomic E-state index is 10.4. The van der Waals surface area contributed by atoms with Crippen molar-refractivity contribution in [3.05, 3.63) is 18.6 Å². The number of ether oxygens (including phenoxy) is 1. The zero-order valence-corrected chi connectivity index (χ0v) is 5.10. The first-order valence-electron chi connectivity index (χ1n) is 2.29. The van der Waals surface area contributed by atoms with Gasteiger partial charge in [-0.1, -0.05) is 6.08 Å². The lowest BCUT2D eigenvalue weighted by Crippen LogP contribution is -2.00. The van der Waals surface area contributed by atoms with Crippen LogP contribution < -0.4 is 0 Å². The molecule has 0 aliphatic rings. The molecule has 0 heterocycles. The molecular formula is C6H9O2. The highest BCUT2D eigenvalue weighted by Gasteiger charge is 1.98. The van der Waals surface area contributed by atoms with Crippen LogP contribution in [0.1, 0.15) is 6.92 Å². The smallest absolute Gasteiger partial charge is 0.333 e. The Hall–Kier alpha value is -0.790. The van der Waals surface area contributed by atoms with E-state index in [0.717, 1.165) is 0 Å². The van der Waals surface area contributed by atoms with E-state index in [1.807, 2.05) is 0 Å². The van der Waals surface area contributed by atoms with Crippen molar-refractivity contribution in [3.63, 3.8) is 0 Å². The van der Waals surface area contributed by atoms with Crippen LogP contribution in [0.25, 0.3) is 0 Å². The van der Waals surface area contributed by atoms with Gasteiger partial charge in [0.05, 0.1) is 7.11 Å². The number of esters is 1. The van der Waals surface area contributed by atoms with E-state index in [1.165, 1.54) is 7.11 Å². The van der Waals surface area contributed by atoms with Crippen molar-refractivity contribution in [2.45, 2.75) is 6.92 Å². The summed E-state index contributed by atoms with van der Waals surface area (Å²) in [6.07, 6.45) is 1.60. The van der Waals surface area contributed by atoms with E-state index in [-0.39, 0.29) is 5.97 Å². The molecule has 2 nitrogen and oxygen atoms in total. The van der Waals surface area contributed by atoms with Crippen molar-refractivity contribution >= 4 is 5.97 Å². The molecule has 0 fully saturated rings. The third-order valence-electron chi connectivity index (χ3n) is 0.796. The molecule has 8 heavy (non-hydrogen) atoms. The molecule has 0 aliphatic heterocycles. The van der Waals surface area contributed by atoms with Gasteiger partial charge in [0.1, 0.15) is 0 Å². The van der Waals surface area contributed by atoms with Crippen molar-refractivity contribution in [1.29, 1.82) is 0 Å². The van der Waals surface area contributed by atoms with Gasteiger partial charge in [0, 0.05) is 5.57 Å². The summed E-state index contributed by atoms with van der Waals surface area (Å²) < 4.78 is 4.33. The van der Waals surface area contributed by atoms with Gasteiger partial charge in [-0.3, -0.25) is 0 Å². The van der Waals surface area contributed by atoms with E-state index in [1.54, 1.807) is 13.0 Å². The molecule has 0 saturated heterocycles. The monoisotopic (exact) mass is 113 g/mol. The average Bonchev–Trinajstić information content (AvgIpc) is 1.84. The van der Waals surface area contributed by atoms with Crippen LogP contribution in [-0.2, 0) is 9.53 Å². The van der Waals surface area contributed by atoms with Crippen LogP contribution in [0.3, 0.4) is 0 Å². The van der Waals surface area contributed by atoms with Gasteiger partial charge < -0.3 is 4.74 Å². The standard InChI is InChI=1S/C6H9O2/c1-4-5(2)6(7)8-3/h4H,2H2,1,3H3. The fraction of sp³-hybridized carbons (Fsp3) is 0.333. The van der Waals surface area contributed by atoms with Gasteiger partial charge in [0.15, 0.2) is 0 Å². The topological polar surface area (TPSA) is 26.3 Å². The molecule has 0 bridgehead atoms. The maximum Gasteiger partial charge on any atom is 0.333 e. The number of carbonyl (C=O) groups is 1. The minimum absolute atomic E-state index is 0.368. The largest absolute Gasteiger partial charge is 0.466 e. The van der Waals surface area contributed by atoms with Crippen molar-refractivity contribution in [1.82, 2.24) is 0 Å². The lowest BCUT2D eigenvalue weighted by Gasteiger charge is -1.93. The summed E-state index contributed by atoms with van der Waals surface area (Å²) in [5.74, 6) is -0.368. The van der Waals surface area contributed by atoms with Crippen LogP contribution in [0, 0.1) is 6.92 Å². The SMILES string of the molecule is [CH2]C(=CC)C(=O)OC. The van der Waals surface area contributed by atoms with Gasteiger partial charge in [-0.2, -0.15) is 0 Å². The number of hydrogen-bond donors (Lipinski definition) is 0. The first-order chi connectivity index (χ1) is 3.72. The third-order valence-corrected chi connectivity index (χ3v) is 0.796. The first-order valence-corrected chi connectivity index (χ1v) is 2.29. The number of hydrogen-bond acceptors (Lipinski definition) is 2. The summed E-state index contributed by atoms with van der Waals surface area (Å²) in [5.41, 5.74) is 0.396.